The number of unbranched alkanes of at least 4 members (excludes halogenated alkanes) is 3. The summed E-state index contributed by atoms with van der Waals surface area (Å²) in [6.07, 6.45) is 24.6. The Morgan fingerprint density at radius 1 is 0.778 bits per heavy atom. The third-order valence-corrected chi connectivity index (χ3v) is 6.95. The lowest BCUT2D eigenvalue weighted by Gasteiger charge is -2.31. The summed E-state index contributed by atoms with van der Waals surface area (Å²) in [5, 5.41) is 0. The Hall–Kier alpha value is -0.790. The third kappa shape index (κ3) is 9.30. The Bertz CT molecular complexity index is 412. The topological polar surface area (TPSA) is 26.3 Å². The van der Waals surface area contributed by atoms with E-state index in [2.05, 4.69) is 13.8 Å². The van der Waals surface area contributed by atoms with Gasteiger partial charge in [-0.25, -0.2) is 4.79 Å². The smallest absolute Gasteiger partial charge is 0.330 e. The van der Waals surface area contributed by atoms with Crippen LogP contribution in [0.15, 0.2) is 12.2 Å². The Labute approximate surface area is 168 Å². The molecule has 2 nitrogen and oxygen atoms in total. The van der Waals surface area contributed by atoms with E-state index in [1.807, 2.05) is 6.08 Å². The highest BCUT2D eigenvalue weighted by Crippen LogP contribution is 2.36. The molecule has 2 aliphatic rings. The highest BCUT2D eigenvalue weighted by Gasteiger charge is 2.25. The van der Waals surface area contributed by atoms with E-state index in [9.17, 15) is 4.79 Å². The van der Waals surface area contributed by atoms with Gasteiger partial charge in [0.25, 0.3) is 0 Å². The van der Waals surface area contributed by atoms with Gasteiger partial charge in [-0.3, -0.25) is 0 Å². The molecule has 2 aliphatic carbocycles. The molecule has 2 fully saturated rings. The van der Waals surface area contributed by atoms with E-state index >= 15 is 0 Å². The summed E-state index contributed by atoms with van der Waals surface area (Å²) in [7, 11) is 0. The van der Waals surface area contributed by atoms with Crippen molar-refractivity contribution >= 4 is 5.97 Å². The van der Waals surface area contributed by atoms with Crippen LogP contribution in [0.3, 0.4) is 0 Å². The molecule has 0 heterocycles. The minimum Gasteiger partial charge on any atom is -0.459 e. The van der Waals surface area contributed by atoms with Gasteiger partial charge in [0.15, 0.2) is 0 Å². The van der Waals surface area contributed by atoms with Crippen molar-refractivity contribution in [3.05, 3.63) is 12.2 Å². The van der Waals surface area contributed by atoms with Crippen molar-refractivity contribution in [3.8, 4) is 0 Å². The molecule has 2 rings (SSSR count). The molecule has 27 heavy (non-hydrogen) atoms. The lowest BCUT2D eigenvalue weighted by atomic mass is 9.76. The van der Waals surface area contributed by atoms with Gasteiger partial charge in [-0.2, -0.15) is 0 Å². The first-order valence-electron chi connectivity index (χ1n) is 12.1. The predicted molar refractivity (Wildman–Crippen MR) is 115 cm³/mol. The molecule has 0 aromatic heterocycles. The molecule has 0 atom stereocenters. The number of ether oxygens (including phenoxy) is 1. The zero-order valence-electron chi connectivity index (χ0n) is 18.1. The van der Waals surface area contributed by atoms with E-state index in [-0.39, 0.29) is 12.1 Å². The summed E-state index contributed by atoms with van der Waals surface area (Å²) in [5.41, 5.74) is 0. The summed E-state index contributed by atoms with van der Waals surface area (Å²) >= 11 is 0. The highest BCUT2D eigenvalue weighted by molar-refractivity contribution is 5.82. The van der Waals surface area contributed by atoms with E-state index < -0.39 is 0 Å². The zero-order chi connectivity index (χ0) is 19.3. The van der Waals surface area contributed by atoms with Crippen molar-refractivity contribution in [1.82, 2.24) is 0 Å². The third-order valence-electron chi connectivity index (χ3n) is 6.95. The molecule has 0 bridgehead atoms. The second-order valence-electron chi connectivity index (χ2n) is 9.23. The van der Waals surface area contributed by atoms with Gasteiger partial charge < -0.3 is 4.74 Å². The second-order valence-corrected chi connectivity index (χ2v) is 9.23. The van der Waals surface area contributed by atoms with Gasteiger partial charge in [-0.1, -0.05) is 84.1 Å². The average molecular weight is 377 g/mol. The predicted octanol–water partition coefficient (Wildman–Crippen LogP) is 7.61. The molecule has 0 aromatic carbocycles. The maximum atomic E-state index is 11.9. The van der Waals surface area contributed by atoms with Crippen molar-refractivity contribution < 1.29 is 9.53 Å². The van der Waals surface area contributed by atoms with Crippen molar-refractivity contribution in [2.24, 2.45) is 17.8 Å². The maximum Gasteiger partial charge on any atom is 0.330 e. The van der Waals surface area contributed by atoms with Gasteiger partial charge in [-0.15, -0.1) is 0 Å². The normalized spacial score (nSPS) is 29.1. The van der Waals surface area contributed by atoms with Gasteiger partial charge in [0.05, 0.1) is 0 Å². The molecule has 0 spiro atoms. The van der Waals surface area contributed by atoms with Crippen molar-refractivity contribution in [1.29, 1.82) is 0 Å². The summed E-state index contributed by atoms with van der Waals surface area (Å²) < 4.78 is 5.65. The first-order valence-corrected chi connectivity index (χ1v) is 12.1. The van der Waals surface area contributed by atoms with Crippen LogP contribution >= 0.6 is 0 Å². The van der Waals surface area contributed by atoms with E-state index in [4.69, 9.17) is 4.74 Å². The van der Waals surface area contributed by atoms with E-state index in [0.29, 0.717) is 0 Å². The molecule has 0 amide bonds. The fourth-order valence-corrected chi connectivity index (χ4v) is 5.12. The van der Waals surface area contributed by atoms with Crippen LogP contribution in [-0.2, 0) is 9.53 Å². The zero-order valence-corrected chi connectivity index (χ0v) is 18.1. The Morgan fingerprint density at radius 3 is 1.89 bits per heavy atom. The van der Waals surface area contributed by atoms with Gasteiger partial charge in [0.2, 0.25) is 0 Å². The molecule has 0 aromatic rings. The maximum absolute atomic E-state index is 11.9. The monoisotopic (exact) mass is 376 g/mol. The SMILES string of the molecule is CCCCC/C=C/C(=O)OC1CCC(CCC2CCC(CCC)CC2)CC1. The molecule has 0 saturated heterocycles. The quantitative estimate of drug-likeness (QED) is 0.211. The second kappa shape index (κ2) is 13.4. The fourth-order valence-electron chi connectivity index (χ4n) is 5.12. The Kier molecular flexibility index (Phi) is 11.2. The molecular weight excluding hydrogens is 332 g/mol. The largest absolute Gasteiger partial charge is 0.459 e. The van der Waals surface area contributed by atoms with Crippen LogP contribution in [0.2, 0.25) is 0 Å². The van der Waals surface area contributed by atoms with Crippen molar-refractivity contribution in [3.63, 3.8) is 0 Å². The molecule has 2 saturated carbocycles. The van der Waals surface area contributed by atoms with Crippen LogP contribution in [-0.4, -0.2) is 12.1 Å². The molecule has 2 heteroatoms. The van der Waals surface area contributed by atoms with E-state index in [0.717, 1.165) is 37.0 Å². The van der Waals surface area contributed by atoms with Crippen LogP contribution < -0.4 is 0 Å². The summed E-state index contributed by atoms with van der Waals surface area (Å²) in [4.78, 5) is 11.9. The van der Waals surface area contributed by atoms with Gasteiger partial charge in [0.1, 0.15) is 6.10 Å². The molecule has 156 valence electrons. The number of rotatable bonds is 11. The van der Waals surface area contributed by atoms with Crippen LogP contribution in [0.5, 0.6) is 0 Å². The summed E-state index contributed by atoms with van der Waals surface area (Å²) in [6.45, 7) is 4.52. The first-order chi connectivity index (χ1) is 13.2. The molecule has 0 unspecified atom stereocenters. The van der Waals surface area contributed by atoms with Gasteiger partial charge >= 0.3 is 5.97 Å². The van der Waals surface area contributed by atoms with E-state index in [1.54, 1.807) is 6.08 Å². The van der Waals surface area contributed by atoms with E-state index in [1.165, 1.54) is 83.5 Å². The van der Waals surface area contributed by atoms with Crippen molar-refractivity contribution in [2.75, 3.05) is 0 Å². The summed E-state index contributed by atoms with van der Waals surface area (Å²) in [5.74, 6) is 2.76. The first kappa shape index (κ1) is 22.5. The number of allylic oxidation sites excluding steroid dienone is 1. The lowest BCUT2D eigenvalue weighted by molar-refractivity contribution is -0.144. The number of hydrogen-bond donors (Lipinski definition) is 0. The Balaban J connectivity index is 1.53. The number of hydrogen-bond acceptors (Lipinski definition) is 2. The molecular formula is C25H44O2. The van der Waals surface area contributed by atoms with Crippen molar-refractivity contribution in [2.45, 2.75) is 123 Å². The van der Waals surface area contributed by atoms with Crippen LogP contribution in [0, 0.1) is 17.8 Å². The van der Waals surface area contributed by atoms with Crippen LogP contribution in [0.4, 0.5) is 0 Å². The number of carbonyl (C=O) groups excluding carboxylic acids is 1. The minimum atomic E-state index is -0.126. The fraction of sp³-hybridized carbons (Fsp3) is 0.880. The Morgan fingerprint density at radius 2 is 1.33 bits per heavy atom. The minimum absolute atomic E-state index is 0.126. The van der Waals surface area contributed by atoms with Gasteiger partial charge in [0, 0.05) is 6.08 Å². The van der Waals surface area contributed by atoms with Crippen LogP contribution in [0.25, 0.3) is 0 Å². The van der Waals surface area contributed by atoms with Crippen LogP contribution in [0.1, 0.15) is 117 Å². The molecule has 0 aliphatic heterocycles. The van der Waals surface area contributed by atoms with Gasteiger partial charge in [-0.05, 0) is 56.3 Å². The number of esters is 1. The number of carbonyl (C=O) groups is 1. The summed E-state index contributed by atoms with van der Waals surface area (Å²) in [6, 6.07) is 0. The standard InChI is InChI=1S/C25H44O2/c1-3-5-6-7-8-10-25(26)27-24-19-17-23(18-20-24)16-15-22-13-11-21(9-4-2)12-14-22/h8,10,21-24H,3-7,9,11-20H2,1-2H3/b10-8+. The lowest BCUT2D eigenvalue weighted by Crippen LogP contribution is -2.24. The average Bonchev–Trinajstić information content (AvgIpc) is 2.69. The molecule has 0 radical (unpaired) electrons. The molecule has 0 N–H and O–H groups in total. The highest BCUT2D eigenvalue weighted by atomic mass is 16.5.